The van der Waals surface area contributed by atoms with Crippen LogP contribution in [-0.4, -0.2) is 24.5 Å². The van der Waals surface area contributed by atoms with Gasteiger partial charge >= 0.3 is 0 Å². The van der Waals surface area contributed by atoms with E-state index < -0.39 is 0 Å². The number of halogens is 1. The summed E-state index contributed by atoms with van der Waals surface area (Å²) >= 11 is 0. The number of benzene rings is 1. The molecule has 2 atom stereocenters. The van der Waals surface area contributed by atoms with Crippen LogP contribution in [0.3, 0.4) is 0 Å². The molecular weight excluding hydrogens is 231 g/mol. The smallest absolute Gasteiger partial charge is 0.251 e. The van der Waals surface area contributed by atoms with Crippen molar-refractivity contribution in [3.63, 3.8) is 0 Å². The quantitative estimate of drug-likeness (QED) is 0.843. The number of rotatable bonds is 2. The van der Waals surface area contributed by atoms with Crippen LogP contribution in [0.4, 0.5) is 4.39 Å². The van der Waals surface area contributed by atoms with Crippen LogP contribution in [0.25, 0.3) is 0 Å². The second kappa shape index (κ2) is 5.48. The van der Waals surface area contributed by atoms with E-state index in [4.69, 9.17) is 0 Å². The maximum Gasteiger partial charge on any atom is 0.251 e. The predicted octanol–water partition coefficient (Wildman–Crippen LogP) is 2.00. The average molecular weight is 250 g/mol. The zero-order chi connectivity index (χ0) is 13.1. The lowest BCUT2D eigenvalue weighted by Crippen LogP contribution is -2.52. The normalized spacial score (nSPS) is 23.7. The van der Waals surface area contributed by atoms with Crippen LogP contribution in [0.1, 0.15) is 35.7 Å². The summed E-state index contributed by atoms with van der Waals surface area (Å²) in [7, 11) is 0. The fraction of sp³-hybridized carbons (Fsp3) is 0.500. The summed E-state index contributed by atoms with van der Waals surface area (Å²) in [5.41, 5.74) is 1.22. The molecule has 1 aliphatic heterocycles. The van der Waals surface area contributed by atoms with Crippen molar-refractivity contribution in [1.29, 1.82) is 0 Å². The first-order valence-corrected chi connectivity index (χ1v) is 6.38. The summed E-state index contributed by atoms with van der Waals surface area (Å²) in [5, 5.41) is 6.31. The Labute approximate surface area is 107 Å². The second-order valence-electron chi connectivity index (χ2n) is 4.92. The molecule has 0 saturated carbocycles. The highest BCUT2D eigenvalue weighted by Crippen LogP contribution is 2.13. The molecule has 0 aliphatic carbocycles. The van der Waals surface area contributed by atoms with Gasteiger partial charge in [-0.05, 0) is 50.9 Å². The SMILES string of the molecule is Cc1ccc(F)cc1C(=O)N[C@H]1CCCN[C@H]1C. The Hall–Kier alpha value is -1.42. The van der Waals surface area contributed by atoms with Crippen molar-refractivity contribution in [1.82, 2.24) is 10.6 Å². The molecule has 1 aliphatic rings. The maximum atomic E-state index is 13.2. The van der Waals surface area contributed by atoms with Gasteiger partial charge < -0.3 is 10.6 Å². The van der Waals surface area contributed by atoms with Crippen molar-refractivity contribution >= 4 is 5.91 Å². The van der Waals surface area contributed by atoms with Gasteiger partial charge in [-0.3, -0.25) is 4.79 Å². The van der Waals surface area contributed by atoms with E-state index in [9.17, 15) is 9.18 Å². The Morgan fingerprint density at radius 3 is 3.00 bits per heavy atom. The molecule has 1 heterocycles. The standard InChI is InChI=1S/C14H19FN2O/c1-9-5-6-11(15)8-12(9)14(18)17-13-4-3-7-16-10(13)2/h5-6,8,10,13,16H,3-4,7H2,1-2H3,(H,17,18)/t10-,13-/m0/s1. The first-order chi connectivity index (χ1) is 8.58. The van der Waals surface area contributed by atoms with Crippen molar-refractivity contribution in [3.8, 4) is 0 Å². The molecule has 0 aromatic heterocycles. The maximum absolute atomic E-state index is 13.2. The molecule has 1 aromatic carbocycles. The molecule has 0 unspecified atom stereocenters. The Kier molecular flexibility index (Phi) is 3.97. The zero-order valence-electron chi connectivity index (χ0n) is 10.8. The lowest BCUT2D eigenvalue weighted by molar-refractivity contribution is 0.0919. The fourth-order valence-electron chi connectivity index (χ4n) is 2.33. The number of piperidine rings is 1. The molecule has 98 valence electrons. The largest absolute Gasteiger partial charge is 0.348 e. The Bertz CT molecular complexity index is 447. The molecule has 1 fully saturated rings. The number of nitrogens with one attached hydrogen (secondary N) is 2. The van der Waals surface area contributed by atoms with E-state index in [-0.39, 0.29) is 23.8 Å². The average Bonchev–Trinajstić information content (AvgIpc) is 2.35. The van der Waals surface area contributed by atoms with Crippen LogP contribution in [0.15, 0.2) is 18.2 Å². The van der Waals surface area contributed by atoms with Crippen molar-refractivity contribution in [2.75, 3.05) is 6.54 Å². The number of carbonyl (C=O) groups is 1. The molecule has 0 radical (unpaired) electrons. The van der Waals surface area contributed by atoms with Crippen LogP contribution < -0.4 is 10.6 Å². The van der Waals surface area contributed by atoms with Gasteiger partial charge in [0.1, 0.15) is 5.82 Å². The predicted molar refractivity (Wildman–Crippen MR) is 69.1 cm³/mol. The molecule has 2 N–H and O–H groups in total. The van der Waals surface area contributed by atoms with Gasteiger partial charge in [0.2, 0.25) is 0 Å². The molecule has 1 amide bonds. The van der Waals surface area contributed by atoms with E-state index in [1.165, 1.54) is 12.1 Å². The summed E-state index contributed by atoms with van der Waals surface area (Å²) in [6.07, 6.45) is 2.02. The summed E-state index contributed by atoms with van der Waals surface area (Å²) in [6.45, 7) is 4.87. The summed E-state index contributed by atoms with van der Waals surface area (Å²) < 4.78 is 13.2. The van der Waals surface area contributed by atoms with Gasteiger partial charge in [0, 0.05) is 17.6 Å². The third-order valence-electron chi connectivity index (χ3n) is 3.52. The van der Waals surface area contributed by atoms with E-state index in [2.05, 4.69) is 17.6 Å². The molecule has 0 bridgehead atoms. The Morgan fingerprint density at radius 1 is 1.50 bits per heavy atom. The van der Waals surface area contributed by atoms with Gasteiger partial charge in [-0.25, -0.2) is 4.39 Å². The summed E-state index contributed by atoms with van der Waals surface area (Å²) in [5.74, 6) is -0.562. The zero-order valence-corrected chi connectivity index (χ0v) is 10.8. The number of hydrogen-bond donors (Lipinski definition) is 2. The topological polar surface area (TPSA) is 41.1 Å². The van der Waals surface area contributed by atoms with Gasteiger partial charge in [0.25, 0.3) is 5.91 Å². The van der Waals surface area contributed by atoms with Gasteiger partial charge in [0.15, 0.2) is 0 Å². The van der Waals surface area contributed by atoms with Crippen LogP contribution >= 0.6 is 0 Å². The van der Waals surface area contributed by atoms with Crippen LogP contribution in [0.5, 0.6) is 0 Å². The Morgan fingerprint density at radius 2 is 2.28 bits per heavy atom. The monoisotopic (exact) mass is 250 g/mol. The van der Waals surface area contributed by atoms with E-state index in [0.29, 0.717) is 5.56 Å². The van der Waals surface area contributed by atoms with E-state index in [1.54, 1.807) is 6.07 Å². The second-order valence-corrected chi connectivity index (χ2v) is 4.92. The highest BCUT2D eigenvalue weighted by molar-refractivity contribution is 5.95. The van der Waals surface area contributed by atoms with Gasteiger partial charge in [-0.1, -0.05) is 6.07 Å². The van der Waals surface area contributed by atoms with Gasteiger partial charge in [-0.2, -0.15) is 0 Å². The van der Waals surface area contributed by atoms with E-state index in [0.717, 1.165) is 24.9 Å². The Balaban J connectivity index is 2.09. The van der Waals surface area contributed by atoms with Gasteiger partial charge in [-0.15, -0.1) is 0 Å². The summed E-state index contributed by atoms with van der Waals surface area (Å²) in [4.78, 5) is 12.1. The van der Waals surface area contributed by atoms with E-state index in [1.807, 2.05) is 6.92 Å². The third-order valence-corrected chi connectivity index (χ3v) is 3.52. The number of amides is 1. The minimum absolute atomic E-state index is 0.119. The van der Waals surface area contributed by atoms with Crippen molar-refractivity contribution in [3.05, 3.63) is 35.1 Å². The first kappa shape index (κ1) is 13.0. The van der Waals surface area contributed by atoms with E-state index >= 15 is 0 Å². The van der Waals surface area contributed by atoms with Crippen molar-refractivity contribution < 1.29 is 9.18 Å². The molecule has 1 saturated heterocycles. The number of hydrogen-bond acceptors (Lipinski definition) is 2. The highest BCUT2D eigenvalue weighted by atomic mass is 19.1. The van der Waals surface area contributed by atoms with Gasteiger partial charge in [0.05, 0.1) is 0 Å². The van der Waals surface area contributed by atoms with Crippen LogP contribution in [-0.2, 0) is 0 Å². The molecule has 4 heteroatoms. The summed E-state index contributed by atoms with van der Waals surface area (Å²) in [6, 6.07) is 4.68. The minimum atomic E-state index is -0.374. The number of aryl methyl sites for hydroxylation is 1. The molecule has 2 rings (SSSR count). The lowest BCUT2D eigenvalue weighted by Gasteiger charge is -2.30. The minimum Gasteiger partial charge on any atom is -0.348 e. The van der Waals surface area contributed by atoms with Crippen LogP contribution in [0, 0.1) is 12.7 Å². The molecule has 3 nitrogen and oxygen atoms in total. The van der Waals surface area contributed by atoms with Crippen molar-refractivity contribution in [2.45, 2.75) is 38.8 Å². The van der Waals surface area contributed by atoms with Crippen molar-refractivity contribution in [2.24, 2.45) is 0 Å². The number of carbonyl (C=O) groups excluding carboxylic acids is 1. The molecular formula is C14H19FN2O. The van der Waals surface area contributed by atoms with Crippen LogP contribution in [0.2, 0.25) is 0 Å². The highest BCUT2D eigenvalue weighted by Gasteiger charge is 2.23. The molecule has 1 aromatic rings. The fourth-order valence-corrected chi connectivity index (χ4v) is 2.33. The lowest BCUT2D eigenvalue weighted by atomic mass is 9.99. The third kappa shape index (κ3) is 2.88. The molecule has 0 spiro atoms. The molecule has 18 heavy (non-hydrogen) atoms. The first-order valence-electron chi connectivity index (χ1n) is 6.38.